The van der Waals surface area contributed by atoms with E-state index in [2.05, 4.69) is 0 Å². The quantitative estimate of drug-likeness (QED) is 0.727. The molecule has 2 aromatic rings. The molecule has 0 aliphatic rings. The van der Waals surface area contributed by atoms with E-state index in [4.69, 9.17) is 0 Å². The van der Waals surface area contributed by atoms with E-state index in [9.17, 15) is 9.18 Å². The highest BCUT2D eigenvalue weighted by Gasteiger charge is 2.12. The molecule has 1 aromatic heterocycles. The lowest BCUT2D eigenvalue weighted by molar-refractivity contribution is 0.101. The van der Waals surface area contributed by atoms with Gasteiger partial charge < -0.3 is 4.57 Å². The minimum atomic E-state index is -0.421. The number of halogens is 1. The van der Waals surface area contributed by atoms with Gasteiger partial charge in [-0.05, 0) is 19.4 Å². The van der Waals surface area contributed by atoms with E-state index >= 15 is 0 Å². The van der Waals surface area contributed by atoms with Gasteiger partial charge in [0, 0.05) is 17.1 Å². The second-order valence-corrected chi connectivity index (χ2v) is 3.95. The third-order valence-corrected chi connectivity index (χ3v) is 2.80. The lowest BCUT2D eigenvalue weighted by Gasteiger charge is -2.03. The van der Waals surface area contributed by atoms with Gasteiger partial charge in [0.1, 0.15) is 6.67 Å². The number of fused-ring (bicyclic) bond motifs is 1. The Kier molecular flexibility index (Phi) is 2.77. The van der Waals surface area contributed by atoms with E-state index in [1.54, 1.807) is 6.20 Å². The molecule has 0 aliphatic carbocycles. The maximum absolute atomic E-state index is 12.4. The molecule has 3 heteroatoms. The molecule has 0 aliphatic heterocycles. The van der Waals surface area contributed by atoms with E-state index in [1.165, 1.54) is 6.92 Å². The number of alkyl halides is 1. The van der Waals surface area contributed by atoms with E-state index in [0.29, 0.717) is 12.1 Å². The van der Waals surface area contributed by atoms with Gasteiger partial charge in [-0.2, -0.15) is 0 Å². The van der Waals surface area contributed by atoms with Crippen LogP contribution in [-0.4, -0.2) is 17.0 Å². The van der Waals surface area contributed by atoms with Crippen molar-refractivity contribution in [3.05, 3.63) is 35.5 Å². The van der Waals surface area contributed by atoms with Gasteiger partial charge in [0.25, 0.3) is 0 Å². The number of hydrogen-bond acceptors (Lipinski definition) is 1. The second kappa shape index (κ2) is 4.08. The lowest BCUT2D eigenvalue weighted by atomic mass is 10.1. The highest BCUT2D eigenvalue weighted by atomic mass is 19.1. The average molecular weight is 219 g/mol. The number of Topliss-reactive ketones (excluding diaryl/α,β-unsaturated/α-hetero) is 1. The largest absolute Gasteiger partial charge is 0.344 e. The number of carbonyl (C=O) groups is 1. The van der Waals surface area contributed by atoms with Gasteiger partial charge in [-0.15, -0.1) is 0 Å². The Morgan fingerprint density at radius 3 is 2.81 bits per heavy atom. The Labute approximate surface area is 93.7 Å². The molecule has 16 heavy (non-hydrogen) atoms. The van der Waals surface area contributed by atoms with Crippen LogP contribution in [0.4, 0.5) is 4.39 Å². The fourth-order valence-electron chi connectivity index (χ4n) is 2.10. The van der Waals surface area contributed by atoms with Crippen LogP contribution in [0.2, 0.25) is 0 Å². The standard InChI is InChI=1S/C13H14FNO/c1-9-4-3-5-11-12(10(2)16)8-15(7-6-14)13(9)11/h3-5,8H,6-7H2,1-2H3. The molecule has 0 unspecified atom stereocenters. The van der Waals surface area contributed by atoms with E-state index in [0.717, 1.165) is 16.5 Å². The Bertz CT molecular complexity index is 542. The predicted molar refractivity (Wildman–Crippen MR) is 62.7 cm³/mol. The SMILES string of the molecule is CC(=O)c1cn(CCF)c2c(C)cccc12. The Balaban J connectivity index is 2.76. The van der Waals surface area contributed by atoms with Crippen molar-refractivity contribution in [3.63, 3.8) is 0 Å². The number of benzene rings is 1. The van der Waals surface area contributed by atoms with Crippen molar-refractivity contribution in [3.8, 4) is 0 Å². The zero-order chi connectivity index (χ0) is 11.7. The number of hydrogen-bond donors (Lipinski definition) is 0. The van der Waals surface area contributed by atoms with Gasteiger partial charge in [-0.25, -0.2) is 4.39 Å². The van der Waals surface area contributed by atoms with Crippen molar-refractivity contribution in [1.82, 2.24) is 4.57 Å². The van der Waals surface area contributed by atoms with Gasteiger partial charge >= 0.3 is 0 Å². The van der Waals surface area contributed by atoms with Gasteiger partial charge in [-0.3, -0.25) is 4.79 Å². The molecule has 0 N–H and O–H groups in total. The first-order valence-corrected chi connectivity index (χ1v) is 5.30. The Morgan fingerprint density at radius 1 is 1.44 bits per heavy atom. The number of para-hydroxylation sites is 1. The van der Waals surface area contributed by atoms with Crippen LogP contribution < -0.4 is 0 Å². The van der Waals surface area contributed by atoms with E-state index < -0.39 is 6.67 Å². The molecule has 0 radical (unpaired) electrons. The van der Waals surface area contributed by atoms with Gasteiger partial charge in [0.05, 0.1) is 12.1 Å². The second-order valence-electron chi connectivity index (χ2n) is 3.95. The summed E-state index contributed by atoms with van der Waals surface area (Å²) in [6, 6.07) is 5.80. The summed E-state index contributed by atoms with van der Waals surface area (Å²) in [6.07, 6.45) is 1.75. The molecule has 0 bridgehead atoms. The molecule has 2 rings (SSSR count). The van der Waals surface area contributed by atoms with Crippen molar-refractivity contribution < 1.29 is 9.18 Å². The number of ketones is 1. The lowest BCUT2D eigenvalue weighted by Crippen LogP contribution is -1.98. The zero-order valence-electron chi connectivity index (χ0n) is 9.46. The third kappa shape index (κ3) is 1.62. The van der Waals surface area contributed by atoms with E-state index in [1.807, 2.05) is 29.7 Å². The highest BCUT2D eigenvalue weighted by Crippen LogP contribution is 2.24. The molecule has 1 aromatic carbocycles. The van der Waals surface area contributed by atoms with Crippen LogP contribution in [0.1, 0.15) is 22.8 Å². The molecule has 84 valence electrons. The number of aromatic nitrogens is 1. The summed E-state index contributed by atoms with van der Waals surface area (Å²) >= 11 is 0. The van der Waals surface area contributed by atoms with Gasteiger partial charge in [0.2, 0.25) is 0 Å². The molecule has 0 saturated carbocycles. The van der Waals surface area contributed by atoms with Crippen LogP contribution in [0.15, 0.2) is 24.4 Å². The molecule has 0 atom stereocenters. The van der Waals surface area contributed by atoms with Crippen LogP contribution in [0, 0.1) is 6.92 Å². The Morgan fingerprint density at radius 2 is 2.19 bits per heavy atom. The molecule has 0 spiro atoms. The van der Waals surface area contributed by atoms with Crippen LogP contribution in [0.25, 0.3) is 10.9 Å². The van der Waals surface area contributed by atoms with Crippen LogP contribution >= 0.6 is 0 Å². The number of rotatable bonds is 3. The van der Waals surface area contributed by atoms with Gasteiger partial charge in [0.15, 0.2) is 5.78 Å². The van der Waals surface area contributed by atoms with Crippen molar-refractivity contribution in [1.29, 1.82) is 0 Å². The fourth-order valence-corrected chi connectivity index (χ4v) is 2.10. The summed E-state index contributed by atoms with van der Waals surface area (Å²) in [7, 11) is 0. The number of aryl methyl sites for hydroxylation is 2. The van der Waals surface area contributed by atoms with Crippen LogP contribution in [0.3, 0.4) is 0 Å². The number of carbonyl (C=O) groups excluding carboxylic acids is 1. The first kappa shape index (κ1) is 10.9. The maximum Gasteiger partial charge on any atom is 0.161 e. The molecule has 0 amide bonds. The first-order valence-electron chi connectivity index (χ1n) is 5.30. The first-order chi connectivity index (χ1) is 7.65. The summed E-state index contributed by atoms with van der Waals surface area (Å²) in [5.74, 6) is 0.0215. The maximum atomic E-state index is 12.4. The molecule has 2 nitrogen and oxygen atoms in total. The zero-order valence-corrected chi connectivity index (χ0v) is 9.46. The van der Waals surface area contributed by atoms with Crippen molar-refractivity contribution >= 4 is 16.7 Å². The monoisotopic (exact) mass is 219 g/mol. The average Bonchev–Trinajstić information content (AvgIpc) is 2.59. The molecule has 0 fully saturated rings. The summed E-state index contributed by atoms with van der Waals surface area (Å²) in [5, 5.41) is 0.918. The minimum absolute atomic E-state index is 0.0215. The molecule has 0 saturated heterocycles. The summed E-state index contributed by atoms with van der Waals surface area (Å²) < 4.78 is 14.3. The smallest absolute Gasteiger partial charge is 0.161 e. The minimum Gasteiger partial charge on any atom is -0.344 e. The van der Waals surface area contributed by atoms with Crippen LogP contribution in [0.5, 0.6) is 0 Å². The Hall–Kier alpha value is -1.64. The number of nitrogens with zero attached hydrogens (tertiary/aromatic N) is 1. The molecule has 1 heterocycles. The third-order valence-electron chi connectivity index (χ3n) is 2.80. The molecular weight excluding hydrogens is 205 g/mol. The topological polar surface area (TPSA) is 22.0 Å². The van der Waals surface area contributed by atoms with Crippen molar-refractivity contribution in [2.24, 2.45) is 0 Å². The van der Waals surface area contributed by atoms with Crippen molar-refractivity contribution in [2.45, 2.75) is 20.4 Å². The summed E-state index contributed by atoms with van der Waals surface area (Å²) in [5.41, 5.74) is 2.70. The highest BCUT2D eigenvalue weighted by molar-refractivity contribution is 6.07. The fraction of sp³-hybridized carbons (Fsp3) is 0.308. The molecular formula is C13H14FNO. The predicted octanol–water partition coefficient (Wildman–Crippen LogP) is 3.12. The van der Waals surface area contributed by atoms with E-state index in [-0.39, 0.29) is 5.78 Å². The summed E-state index contributed by atoms with van der Waals surface area (Å²) in [4.78, 5) is 11.5. The normalized spacial score (nSPS) is 10.9. The summed E-state index contributed by atoms with van der Waals surface area (Å²) in [6.45, 7) is 3.39. The van der Waals surface area contributed by atoms with Crippen LogP contribution in [-0.2, 0) is 6.54 Å². The van der Waals surface area contributed by atoms with Crippen molar-refractivity contribution in [2.75, 3.05) is 6.67 Å². The van der Waals surface area contributed by atoms with Gasteiger partial charge in [-0.1, -0.05) is 18.2 Å².